The molecule has 6 heteroatoms. The average Bonchev–Trinajstić information content (AvgIpc) is 3.00. The number of carbonyl (C=O) groups excluding carboxylic acids is 1. The summed E-state index contributed by atoms with van der Waals surface area (Å²) >= 11 is 7.70. The molecule has 0 spiro atoms. The lowest BCUT2D eigenvalue weighted by Crippen LogP contribution is -2.19. The van der Waals surface area contributed by atoms with Crippen molar-refractivity contribution in [1.82, 2.24) is 5.43 Å². The Morgan fingerprint density at radius 3 is 2.56 bits per heavy atom. The van der Waals surface area contributed by atoms with E-state index in [-0.39, 0.29) is 5.91 Å². The predicted octanol–water partition coefficient (Wildman–Crippen LogP) is 5.11. The summed E-state index contributed by atoms with van der Waals surface area (Å²) in [5.41, 5.74) is 4.34. The van der Waals surface area contributed by atoms with Gasteiger partial charge in [0.2, 0.25) is 0 Å². The molecule has 128 valence electrons. The van der Waals surface area contributed by atoms with Crippen molar-refractivity contribution in [3.05, 3.63) is 64.0 Å². The molecular formula is C19H17ClN2O2S. The van der Waals surface area contributed by atoms with Crippen LogP contribution in [0.3, 0.4) is 0 Å². The van der Waals surface area contributed by atoms with Gasteiger partial charge in [0.1, 0.15) is 10.6 Å². The molecule has 25 heavy (non-hydrogen) atoms. The number of hydrogen-bond donors (Lipinski definition) is 1. The van der Waals surface area contributed by atoms with E-state index in [4.69, 9.17) is 16.3 Å². The Morgan fingerprint density at radius 2 is 1.92 bits per heavy atom. The molecule has 0 bridgehead atoms. The van der Waals surface area contributed by atoms with E-state index in [1.54, 1.807) is 7.11 Å². The van der Waals surface area contributed by atoms with Gasteiger partial charge in [0, 0.05) is 10.1 Å². The van der Waals surface area contributed by atoms with E-state index >= 15 is 0 Å². The van der Waals surface area contributed by atoms with Crippen LogP contribution in [0.4, 0.5) is 0 Å². The van der Waals surface area contributed by atoms with Crippen molar-refractivity contribution in [3.8, 4) is 5.75 Å². The Bertz CT molecular complexity index is 932. The molecular weight excluding hydrogens is 356 g/mol. The normalized spacial score (nSPS) is 11.6. The molecule has 4 nitrogen and oxygen atoms in total. The predicted molar refractivity (Wildman–Crippen MR) is 104 cm³/mol. The topological polar surface area (TPSA) is 50.7 Å². The number of ether oxygens (including phenoxy) is 1. The zero-order chi connectivity index (χ0) is 17.8. The average molecular weight is 373 g/mol. The van der Waals surface area contributed by atoms with E-state index in [0.717, 1.165) is 27.1 Å². The van der Waals surface area contributed by atoms with Gasteiger partial charge in [0.15, 0.2) is 0 Å². The van der Waals surface area contributed by atoms with Gasteiger partial charge in [-0.2, -0.15) is 5.10 Å². The first kappa shape index (κ1) is 17.5. The smallest absolute Gasteiger partial charge is 0.283 e. The summed E-state index contributed by atoms with van der Waals surface area (Å²) in [6, 6.07) is 15.2. The third kappa shape index (κ3) is 3.67. The lowest BCUT2D eigenvalue weighted by atomic mass is 10.1. The van der Waals surface area contributed by atoms with Crippen LogP contribution in [-0.4, -0.2) is 18.7 Å². The summed E-state index contributed by atoms with van der Waals surface area (Å²) in [4.78, 5) is 12.9. The minimum absolute atomic E-state index is 0.300. The number of hydrazone groups is 1. The number of fused-ring (bicyclic) bond motifs is 1. The highest BCUT2D eigenvalue weighted by atomic mass is 35.5. The molecule has 0 atom stereocenters. The van der Waals surface area contributed by atoms with Crippen LogP contribution in [0.15, 0.2) is 53.6 Å². The van der Waals surface area contributed by atoms with Crippen molar-refractivity contribution in [2.45, 2.75) is 13.3 Å². The van der Waals surface area contributed by atoms with Gasteiger partial charge in [-0.1, -0.05) is 36.7 Å². The second-order valence-electron chi connectivity index (χ2n) is 5.32. The van der Waals surface area contributed by atoms with Crippen LogP contribution in [0.1, 0.15) is 28.6 Å². The van der Waals surface area contributed by atoms with Crippen LogP contribution in [0.2, 0.25) is 5.02 Å². The second kappa shape index (κ2) is 7.68. The molecule has 0 saturated carbocycles. The first-order chi connectivity index (χ1) is 12.1. The van der Waals surface area contributed by atoms with Gasteiger partial charge >= 0.3 is 0 Å². The Kier molecular flexibility index (Phi) is 5.36. The van der Waals surface area contributed by atoms with Crippen LogP contribution in [0.5, 0.6) is 5.75 Å². The molecule has 3 aromatic rings. The molecule has 1 amide bonds. The maximum absolute atomic E-state index is 12.5. The molecule has 1 heterocycles. The number of rotatable bonds is 5. The Labute approximate surface area is 155 Å². The molecule has 0 fully saturated rings. The molecule has 1 N–H and O–H groups in total. The molecule has 0 saturated heterocycles. The van der Waals surface area contributed by atoms with Gasteiger partial charge in [0.05, 0.1) is 17.8 Å². The number of amides is 1. The number of halogens is 1. The molecule has 2 aromatic carbocycles. The van der Waals surface area contributed by atoms with Crippen molar-refractivity contribution in [2.75, 3.05) is 7.11 Å². The zero-order valence-corrected chi connectivity index (χ0v) is 15.4. The highest BCUT2D eigenvalue weighted by Crippen LogP contribution is 2.34. The Hall–Kier alpha value is -2.37. The molecule has 0 radical (unpaired) electrons. The molecule has 0 aliphatic rings. The van der Waals surface area contributed by atoms with Gasteiger partial charge in [-0.15, -0.1) is 11.3 Å². The van der Waals surface area contributed by atoms with Crippen LogP contribution in [0, 0.1) is 0 Å². The van der Waals surface area contributed by atoms with Crippen molar-refractivity contribution in [1.29, 1.82) is 0 Å². The quantitative estimate of drug-likeness (QED) is 0.500. The fourth-order valence-corrected chi connectivity index (χ4v) is 3.87. The maximum atomic E-state index is 12.5. The summed E-state index contributed by atoms with van der Waals surface area (Å²) in [7, 11) is 1.62. The van der Waals surface area contributed by atoms with E-state index in [0.29, 0.717) is 16.3 Å². The van der Waals surface area contributed by atoms with Crippen LogP contribution in [0.25, 0.3) is 10.1 Å². The van der Waals surface area contributed by atoms with Crippen molar-refractivity contribution in [3.63, 3.8) is 0 Å². The van der Waals surface area contributed by atoms with Gasteiger partial charge < -0.3 is 4.74 Å². The van der Waals surface area contributed by atoms with Crippen LogP contribution < -0.4 is 10.2 Å². The summed E-state index contributed by atoms with van der Waals surface area (Å²) in [6.07, 6.45) is 0.687. The fraction of sp³-hybridized carbons (Fsp3) is 0.158. The number of carbonyl (C=O) groups is 1. The molecule has 3 rings (SSSR count). The summed E-state index contributed by atoms with van der Waals surface area (Å²) < 4.78 is 6.14. The van der Waals surface area contributed by atoms with E-state index in [1.807, 2.05) is 55.5 Å². The second-order valence-corrected chi connectivity index (χ2v) is 6.75. The van der Waals surface area contributed by atoms with Crippen molar-refractivity contribution in [2.24, 2.45) is 5.10 Å². The maximum Gasteiger partial charge on any atom is 0.283 e. The van der Waals surface area contributed by atoms with Gasteiger partial charge in [-0.25, -0.2) is 5.43 Å². The summed E-state index contributed by atoms with van der Waals surface area (Å²) in [6.45, 7) is 1.99. The SMILES string of the molecule is CC/C(=N\NC(=O)c1sc2ccccc2c1Cl)c1ccc(OC)cc1. The van der Waals surface area contributed by atoms with Crippen molar-refractivity contribution < 1.29 is 9.53 Å². The minimum Gasteiger partial charge on any atom is -0.497 e. The summed E-state index contributed by atoms with van der Waals surface area (Å²) in [5.74, 6) is 0.478. The first-order valence-electron chi connectivity index (χ1n) is 7.82. The van der Waals surface area contributed by atoms with Crippen LogP contribution >= 0.6 is 22.9 Å². The monoisotopic (exact) mass is 372 g/mol. The van der Waals surface area contributed by atoms with E-state index in [9.17, 15) is 4.79 Å². The first-order valence-corrected chi connectivity index (χ1v) is 9.01. The van der Waals surface area contributed by atoms with E-state index in [1.165, 1.54) is 11.3 Å². The van der Waals surface area contributed by atoms with E-state index < -0.39 is 0 Å². The molecule has 0 aliphatic heterocycles. The number of nitrogens with one attached hydrogen (secondary N) is 1. The van der Waals surface area contributed by atoms with Crippen molar-refractivity contribution >= 4 is 44.6 Å². The Morgan fingerprint density at radius 1 is 1.20 bits per heavy atom. The number of nitrogens with zero attached hydrogens (tertiary/aromatic N) is 1. The third-order valence-corrected chi connectivity index (χ3v) is 5.47. The number of hydrogen-bond acceptors (Lipinski definition) is 4. The zero-order valence-electron chi connectivity index (χ0n) is 13.9. The highest BCUT2D eigenvalue weighted by molar-refractivity contribution is 7.21. The molecule has 0 unspecified atom stereocenters. The van der Waals surface area contributed by atoms with Crippen LogP contribution in [-0.2, 0) is 0 Å². The van der Waals surface area contributed by atoms with Gasteiger partial charge in [-0.3, -0.25) is 4.79 Å². The standard InChI is InChI=1S/C19H17ClN2O2S/c1-3-15(12-8-10-13(24-2)11-9-12)21-22-19(23)18-17(20)14-6-4-5-7-16(14)25-18/h4-11H,3H2,1-2H3,(H,22,23)/b21-15+. The minimum atomic E-state index is -0.300. The third-order valence-electron chi connectivity index (χ3n) is 3.79. The highest BCUT2D eigenvalue weighted by Gasteiger charge is 2.16. The lowest BCUT2D eigenvalue weighted by Gasteiger charge is -2.06. The van der Waals surface area contributed by atoms with Gasteiger partial charge in [0.25, 0.3) is 5.91 Å². The van der Waals surface area contributed by atoms with Gasteiger partial charge in [-0.05, 0) is 42.3 Å². The number of benzene rings is 2. The fourth-order valence-electron chi connectivity index (χ4n) is 2.46. The lowest BCUT2D eigenvalue weighted by molar-refractivity contribution is 0.0959. The molecule has 1 aromatic heterocycles. The largest absolute Gasteiger partial charge is 0.497 e. The molecule has 0 aliphatic carbocycles. The van der Waals surface area contributed by atoms with E-state index in [2.05, 4.69) is 10.5 Å². The Balaban J connectivity index is 1.82. The number of thiophene rings is 1. The summed E-state index contributed by atoms with van der Waals surface area (Å²) in [5, 5.41) is 5.63. The number of methoxy groups -OCH3 is 1.